The maximum Gasteiger partial charge on any atom is 0.220 e. The lowest BCUT2D eigenvalue weighted by molar-refractivity contribution is -0.121. The van der Waals surface area contributed by atoms with Crippen LogP contribution in [0.15, 0.2) is 0 Å². The monoisotopic (exact) mass is 207 g/mol. The van der Waals surface area contributed by atoms with Gasteiger partial charge in [0.2, 0.25) is 5.91 Å². The molecule has 0 aromatic carbocycles. The molecule has 1 aliphatic rings. The molecule has 1 saturated heterocycles. The lowest BCUT2D eigenvalue weighted by atomic mass is 10.2. The van der Waals surface area contributed by atoms with Gasteiger partial charge in [-0.3, -0.25) is 4.79 Å². The summed E-state index contributed by atoms with van der Waals surface area (Å²) in [5.74, 6) is -0.636. The molecule has 1 rings (SSSR count). The number of rotatable bonds is 2. The highest BCUT2D eigenvalue weighted by Crippen LogP contribution is 2.12. The Labute approximate surface area is 77.1 Å². The standard InChI is InChI=1S/C7H13NO4S/c1-2-7(10)8-5-3-13(11,12)4-6(5)9/h5-6,9H,2-4H2,1H3,(H,8,10)/t5-,6+/m1/s1. The number of nitrogens with one attached hydrogen (secondary N) is 1. The number of carbonyl (C=O) groups excluding carboxylic acids is 1. The van der Waals surface area contributed by atoms with Crippen molar-refractivity contribution in [1.29, 1.82) is 0 Å². The van der Waals surface area contributed by atoms with Crippen LogP contribution in [0.5, 0.6) is 0 Å². The molecule has 13 heavy (non-hydrogen) atoms. The van der Waals surface area contributed by atoms with Gasteiger partial charge in [-0.2, -0.15) is 0 Å². The van der Waals surface area contributed by atoms with Crippen LogP contribution in [0.4, 0.5) is 0 Å². The van der Waals surface area contributed by atoms with Gasteiger partial charge in [-0.1, -0.05) is 6.92 Å². The van der Waals surface area contributed by atoms with Gasteiger partial charge in [0.05, 0.1) is 23.7 Å². The van der Waals surface area contributed by atoms with Crippen molar-refractivity contribution >= 4 is 15.7 Å². The predicted octanol–water partition coefficient (Wildman–Crippen LogP) is -1.33. The largest absolute Gasteiger partial charge is 0.390 e. The Morgan fingerprint density at radius 2 is 2.15 bits per heavy atom. The minimum Gasteiger partial charge on any atom is -0.390 e. The fourth-order valence-corrected chi connectivity index (χ4v) is 3.02. The van der Waals surface area contributed by atoms with Crippen LogP contribution in [0.1, 0.15) is 13.3 Å². The fourth-order valence-electron chi connectivity index (χ4n) is 1.28. The number of carbonyl (C=O) groups is 1. The number of amides is 1. The van der Waals surface area contributed by atoms with Gasteiger partial charge in [-0.25, -0.2) is 8.42 Å². The number of aliphatic hydroxyl groups excluding tert-OH is 1. The van der Waals surface area contributed by atoms with E-state index < -0.39 is 22.0 Å². The van der Waals surface area contributed by atoms with Gasteiger partial charge >= 0.3 is 0 Å². The van der Waals surface area contributed by atoms with E-state index in [2.05, 4.69) is 5.32 Å². The summed E-state index contributed by atoms with van der Waals surface area (Å²) in [6.07, 6.45) is -0.663. The predicted molar refractivity (Wildman–Crippen MR) is 46.9 cm³/mol. The third-order valence-corrected chi connectivity index (χ3v) is 3.71. The van der Waals surface area contributed by atoms with Crippen molar-refractivity contribution in [2.75, 3.05) is 11.5 Å². The van der Waals surface area contributed by atoms with Crippen LogP contribution in [0.3, 0.4) is 0 Å². The zero-order valence-electron chi connectivity index (χ0n) is 7.36. The van der Waals surface area contributed by atoms with Crippen molar-refractivity contribution in [3.63, 3.8) is 0 Å². The van der Waals surface area contributed by atoms with Gasteiger partial charge in [-0.15, -0.1) is 0 Å². The summed E-state index contributed by atoms with van der Waals surface area (Å²) in [5, 5.41) is 11.7. The molecule has 5 nitrogen and oxygen atoms in total. The molecular formula is C7H13NO4S. The molecular weight excluding hydrogens is 194 g/mol. The second-order valence-corrected chi connectivity index (χ2v) is 5.33. The summed E-state index contributed by atoms with van der Waals surface area (Å²) in [5.41, 5.74) is 0. The Morgan fingerprint density at radius 3 is 2.54 bits per heavy atom. The van der Waals surface area contributed by atoms with E-state index in [1.807, 2.05) is 0 Å². The molecule has 2 N–H and O–H groups in total. The molecule has 1 aliphatic heterocycles. The topological polar surface area (TPSA) is 83.5 Å². The van der Waals surface area contributed by atoms with E-state index in [-0.39, 0.29) is 17.4 Å². The minimum atomic E-state index is -3.16. The fraction of sp³-hybridized carbons (Fsp3) is 0.857. The van der Waals surface area contributed by atoms with Crippen molar-refractivity contribution in [2.45, 2.75) is 25.5 Å². The summed E-state index contributed by atoms with van der Waals surface area (Å²) in [6.45, 7) is 1.67. The van der Waals surface area contributed by atoms with Crippen LogP contribution in [-0.2, 0) is 14.6 Å². The maximum atomic E-state index is 11.0. The summed E-state index contributed by atoms with van der Waals surface area (Å²) >= 11 is 0. The highest BCUT2D eigenvalue weighted by atomic mass is 32.2. The van der Waals surface area contributed by atoms with Crippen LogP contribution in [-0.4, -0.2) is 43.1 Å². The normalized spacial score (nSPS) is 31.5. The van der Waals surface area contributed by atoms with Gasteiger partial charge in [0, 0.05) is 6.42 Å². The summed E-state index contributed by atoms with van der Waals surface area (Å²) in [7, 11) is -3.16. The van der Waals surface area contributed by atoms with Gasteiger partial charge in [0.25, 0.3) is 0 Å². The second kappa shape index (κ2) is 3.63. The van der Waals surface area contributed by atoms with Gasteiger partial charge in [0.15, 0.2) is 9.84 Å². The van der Waals surface area contributed by atoms with Gasteiger partial charge in [-0.05, 0) is 0 Å². The van der Waals surface area contributed by atoms with E-state index in [1.165, 1.54) is 0 Å². The first-order valence-corrected chi connectivity index (χ1v) is 5.94. The number of sulfone groups is 1. The summed E-state index contributed by atoms with van der Waals surface area (Å²) in [6, 6.07) is -0.627. The SMILES string of the molecule is CCC(=O)N[C@@H]1CS(=O)(=O)C[C@@H]1O. The molecule has 76 valence electrons. The molecule has 1 fully saturated rings. The van der Waals surface area contributed by atoms with E-state index in [0.717, 1.165) is 0 Å². The van der Waals surface area contributed by atoms with Crippen LogP contribution in [0.25, 0.3) is 0 Å². The van der Waals surface area contributed by atoms with E-state index in [9.17, 15) is 18.3 Å². The number of hydrogen-bond donors (Lipinski definition) is 2. The average Bonchev–Trinajstić information content (AvgIpc) is 2.24. The number of aliphatic hydroxyl groups is 1. The Morgan fingerprint density at radius 1 is 1.54 bits per heavy atom. The lowest BCUT2D eigenvalue weighted by Crippen LogP contribution is -2.42. The Bertz CT molecular complexity index is 298. The first-order chi connectivity index (χ1) is 5.94. The molecule has 0 saturated carbocycles. The van der Waals surface area contributed by atoms with Gasteiger partial charge in [0.1, 0.15) is 0 Å². The van der Waals surface area contributed by atoms with Crippen LogP contribution >= 0.6 is 0 Å². The molecule has 1 heterocycles. The Balaban J connectivity index is 2.59. The Hall–Kier alpha value is -0.620. The van der Waals surface area contributed by atoms with Gasteiger partial charge < -0.3 is 10.4 Å². The molecule has 0 bridgehead atoms. The molecule has 6 heteroatoms. The second-order valence-electron chi connectivity index (χ2n) is 3.17. The van der Waals surface area contributed by atoms with Crippen molar-refractivity contribution < 1.29 is 18.3 Å². The molecule has 2 atom stereocenters. The molecule has 0 unspecified atom stereocenters. The van der Waals surface area contributed by atoms with Crippen molar-refractivity contribution in [3.8, 4) is 0 Å². The lowest BCUT2D eigenvalue weighted by Gasteiger charge is -2.13. The Kier molecular flexibility index (Phi) is 2.92. The van der Waals surface area contributed by atoms with Crippen molar-refractivity contribution in [3.05, 3.63) is 0 Å². The number of hydrogen-bond acceptors (Lipinski definition) is 4. The maximum absolute atomic E-state index is 11.0. The average molecular weight is 207 g/mol. The quantitative estimate of drug-likeness (QED) is 0.587. The molecule has 0 aromatic heterocycles. The molecule has 0 aromatic rings. The van der Waals surface area contributed by atoms with E-state index in [0.29, 0.717) is 6.42 Å². The first kappa shape index (κ1) is 10.5. The van der Waals surface area contributed by atoms with Crippen LogP contribution in [0, 0.1) is 0 Å². The third-order valence-electron chi connectivity index (χ3n) is 1.99. The van der Waals surface area contributed by atoms with Crippen LogP contribution in [0.2, 0.25) is 0 Å². The molecule has 0 spiro atoms. The molecule has 0 aliphatic carbocycles. The summed E-state index contributed by atoms with van der Waals surface area (Å²) in [4.78, 5) is 10.9. The highest BCUT2D eigenvalue weighted by Gasteiger charge is 2.36. The van der Waals surface area contributed by atoms with Crippen molar-refractivity contribution in [2.24, 2.45) is 0 Å². The van der Waals surface area contributed by atoms with Crippen LogP contribution < -0.4 is 5.32 Å². The first-order valence-electron chi connectivity index (χ1n) is 4.12. The van der Waals surface area contributed by atoms with E-state index in [4.69, 9.17) is 0 Å². The smallest absolute Gasteiger partial charge is 0.220 e. The zero-order chi connectivity index (χ0) is 10.1. The highest BCUT2D eigenvalue weighted by molar-refractivity contribution is 7.91. The van der Waals surface area contributed by atoms with E-state index >= 15 is 0 Å². The zero-order valence-corrected chi connectivity index (χ0v) is 8.17. The third kappa shape index (κ3) is 2.67. The molecule has 1 amide bonds. The minimum absolute atomic E-state index is 0.153. The van der Waals surface area contributed by atoms with E-state index in [1.54, 1.807) is 6.92 Å². The molecule has 0 radical (unpaired) electrons. The summed E-state index contributed by atoms with van der Waals surface area (Å²) < 4.78 is 22.0. The van der Waals surface area contributed by atoms with Crippen molar-refractivity contribution in [1.82, 2.24) is 5.32 Å².